The Morgan fingerprint density at radius 3 is 2.81 bits per heavy atom. The number of halogens is 1. The Morgan fingerprint density at radius 1 is 1.52 bits per heavy atom. The van der Waals surface area contributed by atoms with E-state index in [9.17, 15) is 9.18 Å². The monoisotopic (exact) mass is 295 g/mol. The van der Waals surface area contributed by atoms with E-state index in [1.165, 1.54) is 11.0 Å². The number of nitrogens with zero attached hydrogens (tertiary/aromatic N) is 2. The van der Waals surface area contributed by atoms with Crippen molar-refractivity contribution in [1.82, 2.24) is 4.90 Å². The highest BCUT2D eigenvalue weighted by Crippen LogP contribution is 2.27. The van der Waals surface area contributed by atoms with E-state index in [1.54, 1.807) is 13.1 Å². The van der Waals surface area contributed by atoms with E-state index >= 15 is 0 Å². The number of nitrogens with one attached hydrogen (secondary N) is 1. The molecule has 1 saturated heterocycles. The quantitative estimate of drug-likeness (QED) is 0.897. The third-order valence-corrected chi connectivity index (χ3v) is 3.76. The van der Waals surface area contributed by atoms with Crippen molar-refractivity contribution in [3.05, 3.63) is 24.0 Å². The molecule has 0 saturated carbocycles. The Labute approximate surface area is 124 Å². The van der Waals surface area contributed by atoms with Crippen LogP contribution in [0, 0.1) is 5.82 Å². The minimum atomic E-state index is -0.946. The molecule has 116 valence electrons. The van der Waals surface area contributed by atoms with Gasteiger partial charge in [0.1, 0.15) is 5.82 Å². The molecule has 21 heavy (non-hydrogen) atoms. The number of carboxylic acid groups (broad SMARTS) is 1. The van der Waals surface area contributed by atoms with Gasteiger partial charge in [0, 0.05) is 31.9 Å². The van der Waals surface area contributed by atoms with Gasteiger partial charge in [-0.3, -0.25) is 0 Å². The zero-order chi connectivity index (χ0) is 15.6. The average molecular weight is 295 g/mol. The third-order valence-electron chi connectivity index (χ3n) is 3.76. The summed E-state index contributed by atoms with van der Waals surface area (Å²) in [4.78, 5) is 14.2. The molecule has 0 aliphatic carbocycles. The Kier molecular flexibility index (Phi) is 4.55. The van der Waals surface area contributed by atoms with Crippen LogP contribution in [0.1, 0.15) is 20.3 Å². The number of hydrogen-bond donors (Lipinski definition) is 2. The van der Waals surface area contributed by atoms with Gasteiger partial charge in [-0.25, -0.2) is 9.18 Å². The van der Waals surface area contributed by atoms with Crippen LogP contribution in [0.4, 0.5) is 20.6 Å². The summed E-state index contributed by atoms with van der Waals surface area (Å²) >= 11 is 0. The number of anilines is 2. The van der Waals surface area contributed by atoms with E-state index in [4.69, 9.17) is 5.11 Å². The molecule has 0 unspecified atom stereocenters. The molecule has 1 aliphatic heterocycles. The minimum Gasteiger partial charge on any atom is -0.465 e. The maximum Gasteiger partial charge on any atom is 0.407 e. The Morgan fingerprint density at radius 2 is 2.24 bits per heavy atom. The van der Waals surface area contributed by atoms with Crippen LogP contribution in [-0.2, 0) is 0 Å². The fourth-order valence-corrected chi connectivity index (χ4v) is 2.62. The summed E-state index contributed by atoms with van der Waals surface area (Å²) in [5.74, 6) is -0.278. The third kappa shape index (κ3) is 3.56. The molecule has 0 aromatic heterocycles. The number of benzene rings is 1. The van der Waals surface area contributed by atoms with Crippen molar-refractivity contribution >= 4 is 17.5 Å². The van der Waals surface area contributed by atoms with Crippen molar-refractivity contribution in [2.45, 2.75) is 32.4 Å². The van der Waals surface area contributed by atoms with Crippen LogP contribution in [0.3, 0.4) is 0 Å². The van der Waals surface area contributed by atoms with E-state index < -0.39 is 6.09 Å². The second-order valence-corrected chi connectivity index (χ2v) is 5.75. The lowest BCUT2D eigenvalue weighted by Crippen LogP contribution is -2.38. The normalized spacial score (nSPS) is 18.1. The van der Waals surface area contributed by atoms with Crippen molar-refractivity contribution in [2.75, 3.05) is 30.4 Å². The predicted octanol–water partition coefficient (Wildman–Crippen LogP) is 2.83. The van der Waals surface area contributed by atoms with Gasteiger partial charge in [-0.1, -0.05) is 0 Å². The van der Waals surface area contributed by atoms with E-state index in [0.717, 1.165) is 5.69 Å². The SMILES string of the molecule is CC(C)Nc1ccc(N2CC[C@@H](N(C)C(=O)O)C2)c(F)c1. The van der Waals surface area contributed by atoms with Crippen molar-refractivity contribution < 1.29 is 14.3 Å². The summed E-state index contributed by atoms with van der Waals surface area (Å²) in [7, 11) is 1.56. The van der Waals surface area contributed by atoms with Crippen LogP contribution >= 0.6 is 0 Å². The minimum absolute atomic E-state index is 0.0876. The Balaban J connectivity index is 2.08. The van der Waals surface area contributed by atoms with Gasteiger partial charge in [0.05, 0.1) is 11.7 Å². The standard InChI is InChI=1S/C15H22FN3O2/c1-10(2)17-11-4-5-14(13(16)8-11)19-7-6-12(9-19)18(3)15(20)21/h4-5,8,10,12,17H,6-7,9H2,1-3H3,(H,20,21)/t12-/m1/s1. The van der Waals surface area contributed by atoms with Crippen LogP contribution in [0.2, 0.25) is 0 Å². The van der Waals surface area contributed by atoms with E-state index in [-0.39, 0.29) is 17.9 Å². The van der Waals surface area contributed by atoms with Gasteiger partial charge >= 0.3 is 6.09 Å². The molecule has 1 aliphatic rings. The Bertz CT molecular complexity index is 522. The number of hydrogen-bond acceptors (Lipinski definition) is 3. The topological polar surface area (TPSA) is 55.8 Å². The van der Waals surface area contributed by atoms with Crippen LogP contribution in [-0.4, -0.2) is 48.3 Å². The highest BCUT2D eigenvalue weighted by atomic mass is 19.1. The number of rotatable bonds is 4. The molecule has 1 atom stereocenters. The molecule has 5 nitrogen and oxygen atoms in total. The van der Waals surface area contributed by atoms with Crippen molar-refractivity contribution in [3.8, 4) is 0 Å². The lowest BCUT2D eigenvalue weighted by Gasteiger charge is -2.23. The molecule has 2 N–H and O–H groups in total. The molecular weight excluding hydrogens is 273 g/mol. The second kappa shape index (κ2) is 6.20. The van der Waals surface area contributed by atoms with E-state index in [0.29, 0.717) is 25.2 Å². The lowest BCUT2D eigenvalue weighted by atomic mass is 10.2. The predicted molar refractivity (Wildman–Crippen MR) is 81.6 cm³/mol. The van der Waals surface area contributed by atoms with Gasteiger partial charge in [0.2, 0.25) is 0 Å². The summed E-state index contributed by atoms with van der Waals surface area (Å²) in [6.07, 6.45) is -0.229. The molecule has 1 amide bonds. The molecule has 2 rings (SSSR count). The molecule has 0 radical (unpaired) electrons. The second-order valence-electron chi connectivity index (χ2n) is 5.75. The van der Waals surface area contributed by atoms with Gasteiger partial charge in [0.15, 0.2) is 0 Å². The molecule has 0 bridgehead atoms. The van der Waals surface area contributed by atoms with Gasteiger partial charge in [-0.05, 0) is 38.5 Å². The molecule has 6 heteroatoms. The van der Waals surface area contributed by atoms with E-state index in [1.807, 2.05) is 24.8 Å². The molecule has 1 heterocycles. The number of amides is 1. The summed E-state index contributed by atoms with van der Waals surface area (Å²) in [5.41, 5.74) is 1.29. The van der Waals surface area contributed by atoms with Crippen LogP contribution in [0.5, 0.6) is 0 Å². The van der Waals surface area contributed by atoms with Crippen LogP contribution < -0.4 is 10.2 Å². The average Bonchev–Trinajstić information content (AvgIpc) is 2.86. The first-order chi connectivity index (χ1) is 9.88. The maximum absolute atomic E-state index is 14.2. The fourth-order valence-electron chi connectivity index (χ4n) is 2.62. The summed E-state index contributed by atoms with van der Waals surface area (Å²) < 4.78 is 14.2. The zero-order valence-electron chi connectivity index (χ0n) is 12.6. The molecule has 0 spiro atoms. The molecule has 1 aromatic rings. The molecular formula is C15H22FN3O2. The van der Waals surface area contributed by atoms with Gasteiger partial charge < -0.3 is 20.2 Å². The Hall–Kier alpha value is -1.98. The van der Waals surface area contributed by atoms with Gasteiger partial charge in [-0.2, -0.15) is 0 Å². The largest absolute Gasteiger partial charge is 0.465 e. The van der Waals surface area contributed by atoms with Gasteiger partial charge in [0.25, 0.3) is 0 Å². The summed E-state index contributed by atoms with van der Waals surface area (Å²) in [5, 5.41) is 12.2. The smallest absolute Gasteiger partial charge is 0.407 e. The number of carbonyl (C=O) groups is 1. The number of likely N-dealkylation sites (N-methyl/N-ethyl adjacent to an activating group) is 1. The first kappa shape index (κ1) is 15.4. The first-order valence-corrected chi connectivity index (χ1v) is 7.15. The van der Waals surface area contributed by atoms with E-state index in [2.05, 4.69) is 5.32 Å². The lowest BCUT2D eigenvalue weighted by molar-refractivity contribution is 0.142. The maximum atomic E-state index is 14.2. The van der Waals surface area contributed by atoms with Crippen molar-refractivity contribution in [2.24, 2.45) is 0 Å². The summed E-state index contributed by atoms with van der Waals surface area (Å²) in [6, 6.07) is 5.25. The zero-order valence-corrected chi connectivity index (χ0v) is 12.6. The van der Waals surface area contributed by atoms with Crippen molar-refractivity contribution in [1.29, 1.82) is 0 Å². The van der Waals surface area contributed by atoms with Crippen LogP contribution in [0.15, 0.2) is 18.2 Å². The highest BCUT2D eigenvalue weighted by molar-refractivity contribution is 5.65. The molecule has 1 fully saturated rings. The van der Waals surface area contributed by atoms with Crippen molar-refractivity contribution in [3.63, 3.8) is 0 Å². The summed E-state index contributed by atoms with van der Waals surface area (Å²) in [6.45, 7) is 5.18. The highest BCUT2D eigenvalue weighted by Gasteiger charge is 2.29. The fraction of sp³-hybridized carbons (Fsp3) is 0.533. The first-order valence-electron chi connectivity index (χ1n) is 7.15. The van der Waals surface area contributed by atoms with Crippen LogP contribution in [0.25, 0.3) is 0 Å². The van der Waals surface area contributed by atoms with Gasteiger partial charge in [-0.15, -0.1) is 0 Å². The molecule has 1 aromatic carbocycles.